The van der Waals surface area contributed by atoms with Crippen LogP contribution >= 0.6 is 0 Å². The summed E-state index contributed by atoms with van der Waals surface area (Å²) in [4.78, 5) is 11.3. The van der Waals surface area contributed by atoms with Crippen molar-refractivity contribution in [2.75, 3.05) is 0 Å². The summed E-state index contributed by atoms with van der Waals surface area (Å²) >= 11 is 0. The zero-order valence-corrected chi connectivity index (χ0v) is 17.3. The lowest BCUT2D eigenvalue weighted by atomic mass is 9.96. The van der Waals surface area contributed by atoms with Crippen molar-refractivity contribution in [3.05, 3.63) is 35.4 Å². The first kappa shape index (κ1) is 20.9. The molecular formula is C20H34O3Si. The summed E-state index contributed by atoms with van der Waals surface area (Å²) in [6.45, 7) is 16.2. The Labute approximate surface area is 148 Å². The smallest absolute Gasteiger partial charge is 0.310 e. The van der Waals surface area contributed by atoms with Crippen LogP contribution in [-0.4, -0.2) is 19.4 Å². The second-order valence-electron chi connectivity index (χ2n) is 7.65. The molecule has 1 rings (SSSR count). The molecule has 1 N–H and O–H groups in total. The highest BCUT2D eigenvalue weighted by atomic mass is 28.4. The standard InChI is InChI=1S/C20H34O3Si/c1-8-19(20(21)22)18-11-9-17(10-12-18)13-23-24(14(2)3,15(4)5)16(6)7/h9-12,14-16,19H,8,13H2,1-7H3,(H,21,22). The minimum atomic E-state index is -1.86. The van der Waals surface area contributed by atoms with E-state index >= 15 is 0 Å². The lowest BCUT2D eigenvalue weighted by Gasteiger charge is -2.42. The summed E-state index contributed by atoms with van der Waals surface area (Å²) in [5.41, 5.74) is 3.68. The molecule has 0 amide bonds. The maximum Gasteiger partial charge on any atom is 0.310 e. The normalized spacial score (nSPS) is 13.8. The number of hydrogen-bond donors (Lipinski definition) is 1. The Hall–Kier alpha value is -1.13. The first-order chi connectivity index (χ1) is 11.2. The van der Waals surface area contributed by atoms with Gasteiger partial charge in [-0.15, -0.1) is 0 Å². The van der Waals surface area contributed by atoms with E-state index in [1.165, 1.54) is 0 Å². The number of aliphatic carboxylic acids is 1. The maximum atomic E-state index is 11.3. The van der Waals surface area contributed by atoms with Gasteiger partial charge in [-0.2, -0.15) is 0 Å². The van der Waals surface area contributed by atoms with Crippen LogP contribution in [0.2, 0.25) is 16.6 Å². The van der Waals surface area contributed by atoms with Gasteiger partial charge in [-0.05, 0) is 34.2 Å². The number of rotatable bonds is 9. The molecular weight excluding hydrogens is 316 g/mol. The topological polar surface area (TPSA) is 46.5 Å². The Morgan fingerprint density at radius 3 is 1.79 bits per heavy atom. The maximum absolute atomic E-state index is 11.3. The molecule has 0 spiro atoms. The van der Waals surface area contributed by atoms with E-state index < -0.39 is 20.2 Å². The third-order valence-corrected chi connectivity index (χ3v) is 11.3. The summed E-state index contributed by atoms with van der Waals surface area (Å²) in [5.74, 6) is -1.18. The quantitative estimate of drug-likeness (QED) is 0.559. The van der Waals surface area contributed by atoms with Crippen molar-refractivity contribution in [1.82, 2.24) is 0 Å². The molecule has 1 unspecified atom stereocenters. The van der Waals surface area contributed by atoms with Gasteiger partial charge in [0.1, 0.15) is 0 Å². The van der Waals surface area contributed by atoms with Gasteiger partial charge in [-0.3, -0.25) is 4.79 Å². The van der Waals surface area contributed by atoms with E-state index in [0.29, 0.717) is 29.7 Å². The van der Waals surface area contributed by atoms with Crippen LogP contribution in [0.15, 0.2) is 24.3 Å². The van der Waals surface area contributed by atoms with E-state index in [9.17, 15) is 9.90 Å². The third kappa shape index (κ3) is 4.48. The summed E-state index contributed by atoms with van der Waals surface area (Å²) in [5, 5.41) is 9.27. The van der Waals surface area contributed by atoms with E-state index in [2.05, 4.69) is 41.5 Å². The van der Waals surface area contributed by atoms with Gasteiger partial charge in [-0.25, -0.2) is 0 Å². The van der Waals surface area contributed by atoms with Crippen LogP contribution < -0.4 is 0 Å². The number of carbonyl (C=O) groups is 1. The summed E-state index contributed by atoms with van der Waals surface area (Å²) in [7, 11) is -1.86. The van der Waals surface area contributed by atoms with E-state index in [1.54, 1.807) is 0 Å². The van der Waals surface area contributed by atoms with E-state index in [4.69, 9.17) is 4.43 Å². The number of hydrogen-bond acceptors (Lipinski definition) is 2. The van der Waals surface area contributed by atoms with Gasteiger partial charge in [0.2, 0.25) is 8.32 Å². The monoisotopic (exact) mass is 350 g/mol. The van der Waals surface area contributed by atoms with E-state index in [-0.39, 0.29) is 0 Å². The molecule has 1 aromatic rings. The lowest BCUT2D eigenvalue weighted by Crippen LogP contribution is -2.47. The van der Waals surface area contributed by atoms with Crippen LogP contribution in [0.25, 0.3) is 0 Å². The van der Waals surface area contributed by atoms with Crippen molar-refractivity contribution in [2.45, 2.75) is 84.0 Å². The lowest BCUT2D eigenvalue weighted by molar-refractivity contribution is -0.138. The van der Waals surface area contributed by atoms with E-state index in [1.807, 2.05) is 31.2 Å². The number of carboxylic acid groups (broad SMARTS) is 1. The summed E-state index contributed by atoms with van der Waals surface area (Å²) in [6.07, 6.45) is 0.606. The third-order valence-electron chi connectivity index (χ3n) is 5.28. The predicted molar refractivity (Wildman–Crippen MR) is 103 cm³/mol. The fourth-order valence-electron chi connectivity index (χ4n) is 4.11. The Morgan fingerprint density at radius 1 is 1.00 bits per heavy atom. The minimum absolute atomic E-state index is 0.421. The zero-order valence-electron chi connectivity index (χ0n) is 16.3. The van der Waals surface area contributed by atoms with Crippen molar-refractivity contribution in [3.8, 4) is 0 Å². The first-order valence-electron chi connectivity index (χ1n) is 9.12. The van der Waals surface area contributed by atoms with Crippen molar-refractivity contribution in [3.63, 3.8) is 0 Å². The summed E-state index contributed by atoms with van der Waals surface area (Å²) in [6, 6.07) is 7.90. The predicted octanol–water partition coefficient (Wildman–Crippen LogP) is 5.96. The van der Waals surface area contributed by atoms with Gasteiger partial charge in [0, 0.05) is 0 Å². The molecule has 0 saturated heterocycles. The molecule has 1 aromatic carbocycles. The molecule has 0 heterocycles. The van der Waals surface area contributed by atoms with Gasteiger partial charge in [0.05, 0.1) is 12.5 Å². The molecule has 0 aliphatic rings. The van der Waals surface area contributed by atoms with Gasteiger partial charge in [-0.1, -0.05) is 72.7 Å². The van der Waals surface area contributed by atoms with Crippen molar-refractivity contribution < 1.29 is 14.3 Å². The van der Waals surface area contributed by atoms with Crippen molar-refractivity contribution >= 4 is 14.3 Å². The molecule has 1 atom stereocenters. The van der Waals surface area contributed by atoms with Gasteiger partial charge < -0.3 is 9.53 Å². The molecule has 0 aliphatic heterocycles. The molecule has 0 bridgehead atoms. The molecule has 136 valence electrons. The number of benzene rings is 1. The fourth-order valence-corrected chi connectivity index (χ4v) is 9.52. The van der Waals surface area contributed by atoms with Crippen LogP contribution in [0.5, 0.6) is 0 Å². The fraction of sp³-hybridized carbons (Fsp3) is 0.650. The van der Waals surface area contributed by atoms with E-state index in [0.717, 1.165) is 11.1 Å². The second kappa shape index (κ2) is 8.81. The molecule has 3 nitrogen and oxygen atoms in total. The molecule has 24 heavy (non-hydrogen) atoms. The van der Waals surface area contributed by atoms with Crippen LogP contribution in [0.1, 0.15) is 71.9 Å². The highest BCUT2D eigenvalue weighted by Gasteiger charge is 2.44. The Balaban J connectivity index is 2.91. The largest absolute Gasteiger partial charge is 0.481 e. The first-order valence-corrected chi connectivity index (χ1v) is 11.3. The SMILES string of the molecule is CCC(C(=O)O)c1ccc(CO[Si](C(C)C)(C(C)C)C(C)C)cc1. The van der Waals surface area contributed by atoms with Crippen molar-refractivity contribution in [2.24, 2.45) is 0 Å². The highest BCUT2D eigenvalue weighted by Crippen LogP contribution is 2.42. The van der Waals surface area contributed by atoms with Gasteiger partial charge in [0.25, 0.3) is 0 Å². The van der Waals surface area contributed by atoms with Crippen LogP contribution in [0.3, 0.4) is 0 Å². The average Bonchev–Trinajstić information content (AvgIpc) is 2.48. The Bertz CT molecular complexity index is 498. The Kier molecular flexibility index (Phi) is 7.68. The number of carboxylic acids is 1. The molecule has 0 aromatic heterocycles. The highest BCUT2D eigenvalue weighted by molar-refractivity contribution is 6.77. The summed E-state index contributed by atoms with van der Waals surface area (Å²) < 4.78 is 6.60. The van der Waals surface area contributed by atoms with Gasteiger partial charge >= 0.3 is 5.97 Å². The van der Waals surface area contributed by atoms with Crippen LogP contribution in [0.4, 0.5) is 0 Å². The zero-order chi connectivity index (χ0) is 18.5. The molecule has 0 fully saturated rings. The minimum Gasteiger partial charge on any atom is -0.481 e. The molecule has 0 radical (unpaired) electrons. The average molecular weight is 351 g/mol. The van der Waals surface area contributed by atoms with Crippen LogP contribution in [-0.2, 0) is 15.8 Å². The Morgan fingerprint density at radius 2 is 1.46 bits per heavy atom. The molecule has 4 heteroatoms. The van der Waals surface area contributed by atoms with Crippen LogP contribution in [0, 0.1) is 0 Å². The van der Waals surface area contributed by atoms with Crippen molar-refractivity contribution in [1.29, 1.82) is 0 Å². The van der Waals surface area contributed by atoms with Gasteiger partial charge in [0.15, 0.2) is 0 Å². The second-order valence-corrected chi connectivity index (χ2v) is 13.1. The molecule has 0 aliphatic carbocycles. The molecule has 0 saturated carbocycles.